The maximum atomic E-state index is 12.4. The molecule has 2 aromatic rings. The van der Waals surface area contributed by atoms with Gasteiger partial charge >= 0.3 is 0 Å². The summed E-state index contributed by atoms with van der Waals surface area (Å²) in [5.74, 6) is -0.865. The van der Waals surface area contributed by atoms with Crippen LogP contribution in [0, 0.1) is 5.92 Å². The summed E-state index contributed by atoms with van der Waals surface area (Å²) in [4.78, 5) is 33.6. The summed E-state index contributed by atoms with van der Waals surface area (Å²) in [6.07, 6.45) is 2.99. The Balaban J connectivity index is 1.60. The second kappa shape index (κ2) is 8.97. The molecule has 1 aromatic carbocycles. The lowest BCUT2D eigenvalue weighted by Gasteiger charge is -2.16. The normalized spacial score (nSPS) is 16.7. The van der Waals surface area contributed by atoms with Gasteiger partial charge in [-0.25, -0.2) is 23.1 Å². The van der Waals surface area contributed by atoms with Crippen molar-refractivity contribution in [3.05, 3.63) is 42.7 Å². The quantitative estimate of drug-likeness (QED) is 0.644. The Kier molecular flexibility index (Phi) is 6.39. The van der Waals surface area contributed by atoms with Gasteiger partial charge in [-0.3, -0.25) is 9.59 Å². The minimum absolute atomic E-state index is 0.00439. The van der Waals surface area contributed by atoms with Crippen molar-refractivity contribution in [1.29, 1.82) is 0 Å². The number of carbonyl (C=O) groups excluding carboxylic acids is 2. The molecule has 1 unspecified atom stereocenters. The van der Waals surface area contributed by atoms with Gasteiger partial charge in [-0.15, -0.1) is 0 Å². The van der Waals surface area contributed by atoms with E-state index in [1.165, 1.54) is 36.7 Å². The van der Waals surface area contributed by atoms with Crippen molar-refractivity contribution in [2.45, 2.75) is 11.3 Å². The molecule has 11 heteroatoms. The number of carbonyl (C=O) groups is 2. The lowest BCUT2D eigenvalue weighted by atomic mass is 10.1. The van der Waals surface area contributed by atoms with E-state index < -0.39 is 15.9 Å². The van der Waals surface area contributed by atoms with Crippen LogP contribution < -0.4 is 10.0 Å². The highest BCUT2D eigenvalue weighted by molar-refractivity contribution is 7.92. The molecule has 1 aromatic heterocycles. The van der Waals surface area contributed by atoms with Crippen LogP contribution in [0.1, 0.15) is 6.42 Å². The SMILES string of the molecule is COCCN1CC(C(=O)Nc2ccc(S(=O)(=O)Nc3ncccn3)cc2)CC1=O. The summed E-state index contributed by atoms with van der Waals surface area (Å²) in [5.41, 5.74) is 0.438. The van der Waals surface area contributed by atoms with Gasteiger partial charge in [0.05, 0.1) is 17.4 Å². The Morgan fingerprint density at radius 3 is 2.59 bits per heavy atom. The number of amides is 2. The van der Waals surface area contributed by atoms with E-state index >= 15 is 0 Å². The first-order valence-electron chi connectivity index (χ1n) is 8.86. The first kappa shape index (κ1) is 20.7. The Morgan fingerprint density at radius 2 is 1.93 bits per heavy atom. The minimum atomic E-state index is -3.85. The molecule has 2 amide bonds. The third-order valence-electron chi connectivity index (χ3n) is 4.37. The van der Waals surface area contributed by atoms with Gasteiger partial charge in [0.2, 0.25) is 17.8 Å². The Bertz CT molecular complexity index is 966. The summed E-state index contributed by atoms with van der Waals surface area (Å²) in [6, 6.07) is 7.27. The molecule has 0 radical (unpaired) electrons. The summed E-state index contributed by atoms with van der Waals surface area (Å²) in [7, 11) is -2.30. The average Bonchev–Trinajstić information content (AvgIpc) is 3.08. The molecule has 10 nitrogen and oxygen atoms in total. The van der Waals surface area contributed by atoms with Gasteiger partial charge in [-0.05, 0) is 30.3 Å². The van der Waals surface area contributed by atoms with E-state index in [1.54, 1.807) is 18.1 Å². The molecule has 1 fully saturated rings. The number of aromatic nitrogens is 2. The zero-order chi connectivity index (χ0) is 20.9. The van der Waals surface area contributed by atoms with E-state index in [0.29, 0.717) is 25.4 Å². The monoisotopic (exact) mass is 419 g/mol. The molecule has 1 atom stereocenters. The van der Waals surface area contributed by atoms with Crippen molar-refractivity contribution in [3.8, 4) is 0 Å². The molecule has 0 bridgehead atoms. The number of methoxy groups -OCH3 is 1. The second-order valence-electron chi connectivity index (χ2n) is 6.43. The van der Waals surface area contributed by atoms with Crippen molar-refractivity contribution < 1.29 is 22.7 Å². The minimum Gasteiger partial charge on any atom is -0.383 e. The molecule has 29 heavy (non-hydrogen) atoms. The lowest BCUT2D eigenvalue weighted by molar-refractivity contribution is -0.128. The molecule has 1 aliphatic rings. The maximum absolute atomic E-state index is 12.4. The number of hydrogen-bond acceptors (Lipinski definition) is 7. The summed E-state index contributed by atoms with van der Waals surface area (Å²) < 4.78 is 32.0. The van der Waals surface area contributed by atoms with Crippen LogP contribution in [0.25, 0.3) is 0 Å². The highest BCUT2D eigenvalue weighted by atomic mass is 32.2. The number of hydrogen-bond donors (Lipinski definition) is 2. The summed E-state index contributed by atoms with van der Waals surface area (Å²) in [6.45, 7) is 1.20. The van der Waals surface area contributed by atoms with Crippen molar-refractivity contribution in [2.75, 3.05) is 36.8 Å². The van der Waals surface area contributed by atoms with E-state index in [1.807, 2.05) is 0 Å². The fourth-order valence-electron chi connectivity index (χ4n) is 2.86. The highest BCUT2D eigenvalue weighted by Gasteiger charge is 2.34. The van der Waals surface area contributed by atoms with Crippen LogP contribution in [0.15, 0.2) is 47.6 Å². The van der Waals surface area contributed by atoms with Crippen molar-refractivity contribution in [2.24, 2.45) is 5.92 Å². The van der Waals surface area contributed by atoms with Gasteiger partial charge in [0, 0.05) is 44.7 Å². The number of anilines is 2. The van der Waals surface area contributed by atoms with Gasteiger partial charge in [0.1, 0.15) is 0 Å². The van der Waals surface area contributed by atoms with Crippen molar-refractivity contribution in [1.82, 2.24) is 14.9 Å². The van der Waals surface area contributed by atoms with Gasteiger partial charge in [-0.1, -0.05) is 0 Å². The highest BCUT2D eigenvalue weighted by Crippen LogP contribution is 2.21. The molecule has 0 saturated carbocycles. The maximum Gasteiger partial charge on any atom is 0.264 e. The Labute approximate surface area is 168 Å². The van der Waals surface area contributed by atoms with Crippen LogP contribution in [0.5, 0.6) is 0 Å². The summed E-state index contributed by atoms with van der Waals surface area (Å²) >= 11 is 0. The number of rotatable bonds is 8. The fourth-order valence-corrected chi connectivity index (χ4v) is 3.82. The second-order valence-corrected chi connectivity index (χ2v) is 8.11. The molecule has 2 N–H and O–H groups in total. The zero-order valence-electron chi connectivity index (χ0n) is 15.7. The van der Waals surface area contributed by atoms with Crippen molar-refractivity contribution >= 4 is 33.5 Å². The van der Waals surface area contributed by atoms with Crippen molar-refractivity contribution in [3.63, 3.8) is 0 Å². The number of ether oxygens (including phenoxy) is 1. The van der Waals surface area contributed by atoms with Crippen LogP contribution in [-0.4, -0.2) is 61.9 Å². The number of nitrogens with one attached hydrogen (secondary N) is 2. The molecule has 2 heterocycles. The fraction of sp³-hybridized carbons (Fsp3) is 0.333. The summed E-state index contributed by atoms with van der Waals surface area (Å²) in [5, 5.41) is 2.72. The number of nitrogens with zero attached hydrogens (tertiary/aromatic N) is 3. The smallest absolute Gasteiger partial charge is 0.264 e. The van der Waals surface area contributed by atoms with Gasteiger partial charge in [-0.2, -0.15) is 0 Å². The first-order valence-corrected chi connectivity index (χ1v) is 10.3. The van der Waals surface area contributed by atoms with Gasteiger partial charge in [0.25, 0.3) is 10.0 Å². The molecule has 0 aliphatic carbocycles. The molecule has 0 spiro atoms. The standard InChI is InChI=1S/C18H21N5O5S/c1-28-10-9-23-12-13(11-16(23)24)17(25)21-14-3-5-15(6-4-14)29(26,27)22-18-19-7-2-8-20-18/h2-8,13H,9-12H2,1H3,(H,21,25)(H,19,20,22). The van der Waals surface area contributed by atoms with Gasteiger partial charge in [0.15, 0.2) is 0 Å². The van der Waals surface area contributed by atoms with E-state index in [2.05, 4.69) is 20.0 Å². The van der Waals surface area contributed by atoms with E-state index in [-0.39, 0.29) is 29.1 Å². The zero-order valence-corrected chi connectivity index (χ0v) is 16.6. The molecule has 154 valence electrons. The third kappa shape index (κ3) is 5.27. The number of benzene rings is 1. The largest absolute Gasteiger partial charge is 0.383 e. The lowest BCUT2D eigenvalue weighted by Crippen LogP contribution is -2.30. The van der Waals surface area contributed by atoms with E-state index in [9.17, 15) is 18.0 Å². The molecule has 1 saturated heterocycles. The number of sulfonamides is 1. The average molecular weight is 419 g/mol. The van der Waals surface area contributed by atoms with Crippen LogP contribution in [-0.2, 0) is 24.3 Å². The molecular formula is C18H21N5O5S. The predicted octanol–water partition coefficient (Wildman–Crippen LogP) is 0.711. The predicted molar refractivity (Wildman–Crippen MR) is 104 cm³/mol. The van der Waals surface area contributed by atoms with E-state index in [0.717, 1.165) is 0 Å². The Hall–Kier alpha value is -3.05. The van der Waals surface area contributed by atoms with Crippen LogP contribution in [0.4, 0.5) is 11.6 Å². The van der Waals surface area contributed by atoms with E-state index in [4.69, 9.17) is 4.74 Å². The van der Waals surface area contributed by atoms with Gasteiger partial charge < -0.3 is 15.0 Å². The van der Waals surface area contributed by atoms with Crippen LogP contribution >= 0.6 is 0 Å². The molecular weight excluding hydrogens is 398 g/mol. The first-order chi connectivity index (χ1) is 13.9. The van der Waals surface area contributed by atoms with Crippen LogP contribution in [0.3, 0.4) is 0 Å². The molecule has 1 aliphatic heterocycles. The Morgan fingerprint density at radius 1 is 1.24 bits per heavy atom. The third-order valence-corrected chi connectivity index (χ3v) is 5.72. The van der Waals surface area contributed by atoms with Crippen LogP contribution in [0.2, 0.25) is 0 Å². The topological polar surface area (TPSA) is 131 Å². The molecule has 3 rings (SSSR count). The number of likely N-dealkylation sites (tertiary alicyclic amines) is 1.